The number of carbonyl (C=O) groups is 2. The van der Waals surface area contributed by atoms with Gasteiger partial charge in [0.1, 0.15) is 0 Å². The maximum absolute atomic E-state index is 12.1. The van der Waals surface area contributed by atoms with Crippen molar-refractivity contribution in [1.82, 2.24) is 14.8 Å². The van der Waals surface area contributed by atoms with Crippen LogP contribution in [0.25, 0.3) is 0 Å². The van der Waals surface area contributed by atoms with Crippen LogP contribution in [-0.4, -0.2) is 52.9 Å². The zero-order valence-corrected chi connectivity index (χ0v) is 11.9. The molecule has 1 saturated heterocycles. The molecule has 0 bridgehead atoms. The molecule has 1 fully saturated rings. The minimum Gasteiger partial charge on any atom is -0.343 e. The van der Waals surface area contributed by atoms with Gasteiger partial charge in [0.25, 0.3) is 0 Å². The summed E-state index contributed by atoms with van der Waals surface area (Å²) in [5.41, 5.74) is 0.695. The molecule has 6 heteroatoms. The number of nitrogens with zero attached hydrogens (tertiary/aromatic N) is 3. The van der Waals surface area contributed by atoms with E-state index in [2.05, 4.69) is 10.3 Å². The molecule has 108 valence electrons. The zero-order valence-electron chi connectivity index (χ0n) is 11.9. The van der Waals surface area contributed by atoms with Gasteiger partial charge < -0.3 is 15.1 Å². The fourth-order valence-corrected chi connectivity index (χ4v) is 2.35. The Morgan fingerprint density at radius 3 is 2.65 bits per heavy atom. The Labute approximate surface area is 118 Å². The standard InChI is InChI=1S/C14H20N4O2/c1-11(19)17(2)13-5-8-18(9-6-13)14(20)16-12-4-3-7-15-10-12/h3-4,7,10,13H,5-6,8-9H2,1-2H3,(H,16,20). The molecule has 0 unspecified atom stereocenters. The molecule has 1 N–H and O–H groups in total. The highest BCUT2D eigenvalue weighted by atomic mass is 16.2. The molecule has 0 saturated carbocycles. The first-order valence-corrected chi connectivity index (χ1v) is 6.77. The molecule has 0 atom stereocenters. The predicted molar refractivity (Wildman–Crippen MR) is 76.3 cm³/mol. The Bertz CT molecular complexity index is 469. The third-order valence-corrected chi connectivity index (χ3v) is 3.71. The van der Waals surface area contributed by atoms with Crippen molar-refractivity contribution in [3.05, 3.63) is 24.5 Å². The lowest BCUT2D eigenvalue weighted by Crippen LogP contribution is -2.47. The van der Waals surface area contributed by atoms with E-state index < -0.39 is 0 Å². The zero-order chi connectivity index (χ0) is 14.5. The second-order valence-electron chi connectivity index (χ2n) is 5.02. The van der Waals surface area contributed by atoms with E-state index in [1.807, 2.05) is 7.05 Å². The molecule has 1 aromatic heterocycles. The fourth-order valence-electron chi connectivity index (χ4n) is 2.35. The van der Waals surface area contributed by atoms with Crippen molar-refractivity contribution in [3.8, 4) is 0 Å². The first-order valence-electron chi connectivity index (χ1n) is 6.77. The van der Waals surface area contributed by atoms with Gasteiger partial charge in [-0.3, -0.25) is 9.78 Å². The Balaban J connectivity index is 1.84. The number of nitrogens with one attached hydrogen (secondary N) is 1. The molecule has 1 aliphatic rings. The first kappa shape index (κ1) is 14.3. The van der Waals surface area contributed by atoms with Crippen LogP contribution in [0.2, 0.25) is 0 Å². The maximum atomic E-state index is 12.1. The summed E-state index contributed by atoms with van der Waals surface area (Å²) < 4.78 is 0. The summed E-state index contributed by atoms with van der Waals surface area (Å²) >= 11 is 0. The van der Waals surface area contributed by atoms with Gasteiger partial charge in [-0.25, -0.2) is 4.79 Å². The number of urea groups is 1. The highest BCUT2D eigenvalue weighted by Gasteiger charge is 2.26. The molecular weight excluding hydrogens is 256 g/mol. The topological polar surface area (TPSA) is 65.5 Å². The third kappa shape index (κ3) is 3.46. The summed E-state index contributed by atoms with van der Waals surface area (Å²) in [6.07, 6.45) is 4.92. The molecule has 0 spiro atoms. The van der Waals surface area contributed by atoms with Gasteiger partial charge in [-0.05, 0) is 25.0 Å². The van der Waals surface area contributed by atoms with Gasteiger partial charge in [-0.2, -0.15) is 0 Å². The minimum absolute atomic E-state index is 0.0725. The predicted octanol–water partition coefficient (Wildman–Crippen LogP) is 1.56. The molecule has 0 aromatic carbocycles. The summed E-state index contributed by atoms with van der Waals surface area (Å²) in [4.78, 5) is 30.9. The Morgan fingerprint density at radius 1 is 1.40 bits per heavy atom. The lowest BCUT2D eigenvalue weighted by atomic mass is 10.0. The molecule has 3 amide bonds. The van der Waals surface area contributed by atoms with Gasteiger partial charge in [0.15, 0.2) is 0 Å². The molecule has 1 aliphatic heterocycles. The fraction of sp³-hybridized carbons (Fsp3) is 0.500. The molecule has 6 nitrogen and oxygen atoms in total. The van der Waals surface area contributed by atoms with Crippen LogP contribution in [0, 0.1) is 0 Å². The van der Waals surface area contributed by atoms with E-state index in [4.69, 9.17) is 0 Å². The van der Waals surface area contributed by atoms with Gasteiger partial charge in [0.2, 0.25) is 5.91 Å². The van der Waals surface area contributed by atoms with E-state index in [-0.39, 0.29) is 18.0 Å². The number of hydrogen-bond donors (Lipinski definition) is 1. The molecular formula is C14H20N4O2. The van der Waals surface area contributed by atoms with Crippen LogP contribution in [0.3, 0.4) is 0 Å². The SMILES string of the molecule is CC(=O)N(C)C1CCN(C(=O)Nc2cccnc2)CC1. The van der Waals surface area contributed by atoms with Crippen LogP contribution in [0.5, 0.6) is 0 Å². The number of anilines is 1. The number of rotatable bonds is 2. The number of aromatic nitrogens is 1. The van der Waals surface area contributed by atoms with Crippen LogP contribution < -0.4 is 5.32 Å². The van der Waals surface area contributed by atoms with Gasteiger partial charge in [0.05, 0.1) is 11.9 Å². The van der Waals surface area contributed by atoms with Crippen molar-refractivity contribution in [2.45, 2.75) is 25.8 Å². The van der Waals surface area contributed by atoms with E-state index in [1.54, 1.807) is 41.2 Å². The molecule has 1 aromatic rings. The van der Waals surface area contributed by atoms with Crippen LogP contribution in [-0.2, 0) is 4.79 Å². The average Bonchev–Trinajstić information content (AvgIpc) is 2.47. The largest absolute Gasteiger partial charge is 0.343 e. The summed E-state index contributed by atoms with van der Waals surface area (Å²) in [5, 5.41) is 2.82. The van der Waals surface area contributed by atoms with E-state index in [1.165, 1.54) is 0 Å². The number of carbonyl (C=O) groups excluding carboxylic acids is 2. The van der Waals surface area contributed by atoms with Gasteiger partial charge in [-0.1, -0.05) is 0 Å². The van der Waals surface area contributed by atoms with Crippen LogP contribution in [0.15, 0.2) is 24.5 Å². The molecule has 2 heterocycles. The molecule has 0 aliphatic carbocycles. The van der Waals surface area contributed by atoms with Gasteiger partial charge in [-0.15, -0.1) is 0 Å². The average molecular weight is 276 g/mol. The number of hydrogen-bond acceptors (Lipinski definition) is 3. The maximum Gasteiger partial charge on any atom is 0.321 e. The minimum atomic E-state index is -0.109. The molecule has 0 radical (unpaired) electrons. The Hall–Kier alpha value is -2.11. The van der Waals surface area contributed by atoms with E-state index in [9.17, 15) is 9.59 Å². The lowest BCUT2D eigenvalue weighted by molar-refractivity contribution is -0.130. The van der Waals surface area contributed by atoms with Crippen molar-refractivity contribution >= 4 is 17.6 Å². The number of amides is 3. The summed E-state index contributed by atoms with van der Waals surface area (Å²) in [6, 6.07) is 3.71. The van der Waals surface area contributed by atoms with Crippen molar-refractivity contribution in [2.75, 3.05) is 25.5 Å². The van der Waals surface area contributed by atoms with E-state index >= 15 is 0 Å². The van der Waals surface area contributed by atoms with Gasteiger partial charge in [0, 0.05) is 39.3 Å². The highest BCUT2D eigenvalue weighted by molar-refractivity contribution is 5.89. The summed E-state index contributed by atoms with van der Waals surface area (Å²) in [5.74, 6) is 0.0725. The highest BCUT2D eigenvalue weighted by Crippen LogP contribution is 2.16. The monoisotopic (exact) mass is 276 g/mol. The van der Waals surface area contributed by atoms with E-state index in [0.29, 0.717) is 18.8 Å². The second kappa shape index (κ2) is 6.36. The van der Waals surface area contributed by atoms with Crippen LogP contribution in [0.4, 0.5) is 10.5 Å². The quantitative estimate of drug-likeness (QED) is 0.891. The van der Waals surface area contributed by atoms with Crippen molar-refractivity contribution in [2.24, 2.45) is 0 Å². The van der Waals surface area contributed by atoms with Crippen molar-refractivity contribution < 1.29 is 9.59 Å². The number of pyridine rings is 1. The van der Waals surface area contributed by atoms with Crippen LogP contribution in [0.1, 0.15) is 19.8 Å². The molecule has 20 heavy (non-hydrogen) atoms. The van der Waals surface area contributed by atoms with Gasteiger partial charge >= 0.3 is 6.03 Å². The second-order valence-corrected chi connectivity index (χ2v) is 5.02. The van der Waals surface area contributed by atoms with Crippen LogP contribution >= 0.6 is 0 Å². The Morgan fingerprint density at radius 2 is 2.10 bits per heavy atom. The lowest BCUT2D eigenvalue weighted by Gasteiger charge is -2.36. The Kier molecular flexibility index (Phi) is 4.55. The normalized spacial score (nSPS) is 15.8. The van der Waals surface area contributed by atoms with E-state index in [0.717, 1.165) is 12.8 Å². The first-order chi connectivity index (χ1) is 9.58. The smallest absolute Gasteiger partial charge is 0.321 e. The number of piperidine rings is 1. The summed E-state index contributed by atoms with van der Waals surface area (Å²) in [6.45, 7) is 2.89. The third-order valence-electron chi connectivity index (χ3n) is 3.71. The summed E-state index contributed by atoms with van der Waals surface area (Å²) in [7, 11) is 1.82. The molecule has 2 rings (SSSR count). The number of likely N-dealkylation sites (tertiary alicyclic amines) is 1. The van der Waals surface area contributed by atoms with Crippen molar-refractivity contribution in [3.63, 3.8) is 0 Å². The van der Waals surface area contributed by atoms with Crippen molar-refractivity contribution in [1.29, 1.82) is 0 Å².